The number of aryl methyl sites for hydroxylation is 2. The molecule has 1 atom stereocenters. The van der Waals surface area contributed by atoms with E-state index in [1.54, 1.807) is 27.7 Å². The Kier molecular flexibility index (Phi) is 5.83. The summed E-state index contributed by atoms with van der Waals surface area (Å²) >= 11 is 1.16. The second kappa shape index (κ2) is 8.16. The molecule has 0 aliphatic rings. The molecule has 0 bridgehead atoms. The molecule has 1 N–H and O–H groups in total. The molecule has 7 nitrogen and oxygen atoms in total. The van der Waals surface area contributed by atoms with E-state index >= 15 is 0 Å². The Labute approximate surface area is 172 Å². The van der Waals surface area contributed by atoms with Crippen molar-refractivity contribution in [3.8, 4) is 0 Å². The highest BCUT2D eigenvalue weighted by Crippen LogP contribution is 2.28. The minimum Gasteiger partial charge on any atom is -0.461 e. The maximum Gasteiger partial charge on any atom is 0.329 e. The number of esters is 1. The maximum absolute atomic E-state index is 13.0. The third kappa shape index (κ3) is 4.07. The first-order chi connectivity index (χ1) is 13.7. The van der Waals surface area contributed by atoms with Crippen molar-refractivity contribution in [2.24, 2.45) is 0 Å². The quantitative estimate of drug-likeness (QED) is 0.642. The Balaban J connectivity index is 1.99. The number of carbonyl (C=O) groups is 2. The van der Waals surface area contributed by atoms with Crippen LogP contribution in [0.15, 0.2) is 35.4 Å². The molecule has 2 aromatic heterocycles. The Hall–Kier alpha value is -3.00. The summed E-state index contributed by atoms with van der Waals surface area (Å²) in [6.45, 7) is 8.71. The molecular weight excluding hydrogens is 390 g/mol. The SMILES string of the molecule is Cc1ccccc1NC(=O)c1sc2ncn([C@H](C)C(=O)OC(C)C)c(=O)c2c1C. The lowest BCUT2D eigenvalue weighted by Gasteiger charge is -2.15. The lowest BCUT2D eigenvalue weighted by molar-refractivity contribution is -0.151. The molecular formula is C21H23N3O4S. The Morgan fingerprint density at radius 3 is 2.52 bits per heavy atom. The van der Waals surface area contributed by atoms with Crippen LogP contribution in [0.1, 0.15) is 47.6 Å². The van der Waals surface area contributed by atoms with Gasteiger partial charge in [-0.05, 0) is 51.8 Å². The van der Waals surface area contributed by atoms with Gasteiger partial charge in [0.1, 0.15) is 10.9 Å². The van der Waals surface area contributed by atoms with E-state index in [9.17, 15) is 14.4 Å². The van der Waals surface area contributed by atoms with Crippen molar-refractivity contribution < 1.29 is 14.3 Å². The molecule has 2 heterocycles. The van der Waals surface area contributed by atoms with Crippen molar-refractivity contribution in [2.75, 3.05) is 5.32 Å². The number of carbonyl (C=O) groups excluding carboxylic acids is 2. The molecule has 1 amide bonds. The predicted octanol–water partition coefficient (Wildman–Crippen LogP) is 3.84. The number of nitrogens with one attached hydrogen (secondary N) is 1. The molecule has 0 saturated carbocycles. The number of aromatic nitrogens is 2. The topological polar surface area (TPSA) is 90.3 Å². The highest BCUT2D eigenvalue weighted by molar-refractivity contribution is 7.20. The van der Waals surface area contributed by atoms with Crippen molar-refractivity contribution in [1.82, 2.24) is 9.55 Å². The van der Waals surface area contributed by atoms with Gasteiger partial charge in [-0.15, -0.1) is 11.3 Å². The number of anilines is 1. The van der Waals surface area contributed by atoms with E-state index < -0.39 is 12.0 Å². The van der Waals surface area contributed by atoms with Gasteiger partial charge in [-0.3, -0.25) is 14.2 Å². The first-order valence-electron chi connectivity index (χ1n) is 9.28. The lowest BCUT2D eigenvalue weighted by Crippen LogP contribution is -2.30. The van der Waals surface area contributed by atoms with E-state index in [0.29, 0.717) is 26.3 Å². The first-order valence-corrected chi connectivity index (χ1v) is 10.1. The normalized spacial score (nSPS) is 12.2. The largest absolute Gasteiger partial charge is 0.461 e. The summed E-state index contributed by atoms with van der Waals surface area (Å²) in [7, 11) is 0. The van der Waals surface area contributed by atoms with E-state index in [1.807, 2.05) is 31.2 Å². The molecule has 8 heteroatoms. The third-order valence-electron chi connectivity index (χ3n) is 4.59. The molecule has 0 aliphatic carbocycles. The molecule has 3 aromatic rings. The molecule has 29 heavy (non-hydrogen) atoms. The van der Waals surface area contributed by atoms with Gasteiger partial charge in [-0.2, -0.15) is 0 Å². The van der Waals surface area contributed by atoms with E-state index in [0.717, 1.165) is 16.9 Å². The summed E-state index contributed by atoms with van der Waals surface area (Å²) in [5.41, 5.74) is 1.83. The molecule has 0 spiro atoms. The van der Waals surface area contributed by atoms with E-state index in [4.69, 9.17) is 4.74 Å². The van der Waals surface area contributed by atoms with Crippen molar-refractivity contribution in [1.29, 1.82) is 0 Å². The monoisotopic (exact) mass is 413 g/mol. The Morgan fingerprint density at radius 1 is 1.17 bits per heavy atom. The van der Waals surface area contributed by atoms with Gasteiger partial charge in [-0.25, -0.2) is 9.78 Å². The average Bonchev–Trinajstić information content (AvgIpc) is 3.00. The summed E-state index contributed by atoms with van der Waals surface area (Å²) in [5.74, 6) is -0.799. The molecule has 0 unspecified atom stereocenters. The molecule has 0 saturated heterocycles. The number of para-hydroxylation sites is 1. The Morgan fingerprint density at radius 2 is 1.86 bits per heavy atom. The second-order valence-corrected chi connectivity index (χ2v) is 8.12. The Bertz CT molecular complexity index is 1150. The van der Waals surface area contributed by atoms with Gasteiger partial charge in [0.25, 0.3) is 11.5 Å². The van der Waals surface area contributed by atoms with E-state index in [-0.39, 0.29) is 17.6 Å². The van der Waals surface area contributed by atoms with Gasteiger partial charge in [-0.1, -0.05) is 18.2 Å². The van der Waals surface area contributed by atoms with Crippen LogP contribution in [0, 0.1) is 13.8 Å². The van der Waals surface area contributed by atoms with Crippen LogP contribution in [0.3, 0.4) is 0 Å². The third-order valence-corrected chi connectivity index (χ3v) is 5.78. The molecule has 0 radical (unpaired) electrons. The fraction of sp³-hybridized carbons (Fsp3) is 0.333. The smallest absolute Gasteiger partial charge is 0.329 e. The average molecular weight is 413 g/mol. The number of benzene rings is 1. The van der Waals surface area contributed by atoms with Crippen LogP contribution in [-0.4, -0.2) is 27.5 Å². The fourth-order valence-corrected chi connectivity index (χ4v) is 4.00. The van der Waals surface area contributed by atoms with Crippen molar-refractivity contribution in [2.45, 2.75) is 46.8 Å². The summed E-state index contributed by atoms with van der Waals surface area (Å²) in [6.07, 6.45) is 1.05. The van der Waals surface area contributed by atoms with Gasteiger partial charge in [0.05, 0.1) is 22.7 Å². The number of amides is 1. The number of hydrogen-bond donors (Lipinski definition) is 1. The zero-order valence-corrected chi connectivity index (χ0v) is 17.8. The molecule has 3 rings (SSSR count). The molecule has 0 aliphatic heterocycles. The highest BCUT2D eigenvalue weighted by atomic mass is 32.1. The van der Waals surface area contributed by atoms with Crippen molar-refractivity contribution in [3.63, 3.8) is 0 Å². The summed E-state index contributed by atoms with van der Waals surface area (Å²) in [6, 6.07) is 6.66. The standard InChI is InChI=1S/C21H23N3O4S/c1-11(2)28-21(27)14(5)24-10-22-19-16(20(24)26)13(4)17(29-19)18(25)23-15-9-7-6-8-12(15)3/h6-11,14H,1-5H3,(H,23,25)/t14-/m1/s1. The van der Waals surface area contributed by atoms with Crippen molar-refractivity contribution >= 4 is 39.1 Å². The van der Waals surface area contributed by atoms with Crippen LogP contribution in [-0.2, 0) is 9.53 Å². The van der Waals surface area contributed by atoms with Gasteiger partial charge >= 0.3 is 5.97 Å². The lowest BCUT2D eigenvalue weighted by atomic mass is 10.1. The summed E-state index contributed by atoms with van der Waals surface area (Å²) in [4.78, 5) is 43.2. The highest BCUT2D eigenvalue weighted by Gasteiger charge is 2.24. The van der Waals surface area contributed by atoms with Crippen LogP contribution in [0.4, 0.5) is 5.69 Å². The van der Waals surface area contributed by atoms with Crippen molar-refractivity contribution in [3.05, 3.63) is 57.0 Å². The van der Waals surface area contributed by atoms with Gasteiger partial charge in [0.2, 0.25) is 0 Å². The van der Waals surface area contributed by atoms with Crippen LogP contribution in [0.2, 0.25) is 0 Å². The second-order valence-electron chi connectivity index (χ2n) is 7.12. The fourth-order valence-electron chi connectivity index (χ4n) is 2.97. The maximum atomic E-state index is 13.0. The number of thiophene rings is 1. The minimum atomic E-state index is -0.814. The number of ether oxygens (including phenoxy) is 1. The zero-order chi connectivity index (χ0) is 21.3. The van der Waals surface area contributed by atoms with E-state index in [2.05, 4.69) is 10.3 Å². The number of fused-ring (bicyclic) bond motifs is 1. The molecule has 1 aromatic carbocycles. The van der Waals surface area contributed by atoms with Crippen LogP contribution >= 0.6 is 11.3 Å². The van der Waals surface area contributed by atoms with Gasteiger partial charge in [0, 0.05) is 5.69 Å². The van der Waals surface area contributed by atoms with Crippen LogP contribution < -0.4 is 10.9 Å². The first kappa shape index (κ1) is 20.7. The number of nitrogens with zero attached hydrogens (tertiary/aromatic N) is 2. The summed E-state index contributed by atoms with van der Waals surface area (Å²) in [5, 5.41) is 3.23. The molecule has 0 fully saturated rings. The van der Waals surface area contributed by atoms with Crippen LogP contribution in [0.25, 0.3) is 10.2 Å². The van der Waals surface area contributed by atoms with E-state index in [1.165, 1.54) is 10.9 Å². The van der Waals surface area contributed by atoms with Gasteiger partial charge in [0.15, 0.2) is 0 Å². The van der Waals surface area contributed by atoms with Gasteiger partial charge < -0.3 is 10.1 Å². The number of hydrogen-bond acceptors (Lipinski definition) is 6. The predicted molar refractivity (Wildman–Crippen MR) is 114 cm³/mol. The van der Waals surface area contributed by atoms with Crippen LogP contribution in [0.5, 0.6) is 0 Å². The zero-order valence-electron chi connectivity index (χ0n) is 17.0. The summed E-state index contributed by atoms with van der Waals surface area (Å²) < 4.78 is 6.44. The number of rotatable bonds is 5. The molecule has 152 valence electrons. The minimum absolute atomic E-state index is 0.281.